The van der Waals surface area contributed by atoms with E-state index in [1.165, 1.54) is 41.9 Å². The van der Waals surface area contributed by atoms with Crippen LogP contribution in [-0.4, -0.2) is 23.3 Å². The Morgan fingerprint density at radius 2 is 1.86 bits per heavy atom. The Balaban J connectivity index is 1.77. The van der Waals surface area contributed by atoms with Gasteiger partial charge in [0, 0.05) is 28.8 Å². The van der Waals surface area contributed by atoms with Gasteiger partial charge in [-0.15, -0.1) is 11.3 Å². The molecule has 2 aromatic heterocycles. The number of thiophene rings is 1. The van der Waals surface area contributed by atoms with Crippen LogP contribution in [0.5, 0.6) is 0 Å². The highest BCUT2D eigenvalue weighted by Crippen LogP contribution is 2.38. The number of nitro groups is 1. The van der Waals surface area contributed by atoms with E-state index in [0.717, 1.165) is 5.56 Å². The summed E-state index contributed by atoms with van der Waals surface area (Å²) in [5.74, 6) is 0.501. The van der Waals surface area contributed by atoms with Gasteiger partial charge >= 0.3 is 0 Å². The highest BCUT2D eigenvalue weighted by atomic mass is 32.2. The van der Waals surface area contributed by atoms with Crippen molar-refractivity contribution in [2.24, 2.45) is 5.14 Å². The number of non-ortho nitro benzene ring substituents is 1. The largest absolute Gasteiger partial charge is 0.340 e. The molecular formula is C18H13N5O4S2. The first-order valence-corrected chi connectivity index (χ1v) is 10.6. The SMILES string of the molecule is NS(=O)(=O)c1ccc(Nc2ncnc3scc(-c4cccc([N+](=O)[O-])c4)c23)cc1. The lowest BCUT2D eigenvalue weighted by Gasteiger charge is -2.09. The number of hydrogen-bond donors (Lipinski definition) is 2. The molecule has 3 N–H and O–H groups in total. The van der Waals surface area contributed by atoms with Crippen molar-refractivity contribution in [1.29, 1.82) is 0 Å². The Hall–Kier alpha value is -3.41. The Labute approximate surface area is 169 Å². The second-order valence-corrected chi connectivity index (χ2v) is 8.47. The fraction of sp³-hybridized carbons (Fsp3) is 0. The molecule has 9 nitrogen and oxygen atoms in total. The second kappa shape index (κ2) is 7.20. The van der Waals surface area contributed by atoms with Gasteiger partial charge in [0.15, 0.2) is 0 Å². The number of benzene rings is 2. The summed E-state index contributed by atoms with van der Waals surface area (Å²) in [5, 5.41) is 22.0. The van der Waals surface area contributed by atoms with Crippen LogP contribution in [0.3, 0.4) is 0 Å². The minimum atomic E-state index is -3.78. The predicted octanol–water partition coefficient (Wildman–Crippen LogP) is 3.66. The monoisotopic (exact) mass is 427 g/mol. The molecule has 0 amide bonds. The van der Waals surface area contributed by atoms with Gasteiger partial charge in [-0.25, -0.2) is 23.5 Å². The van der Waals surface area contributed by atoms with E-state index in [-0.39, 0.29) is 10.6 Å². The van der Waals surface area contributed by atoms with Crippen LogP contribution in [0.25, 0.3) is 21.3 Å². The fourth-order valence-electron chi connectivity index (χ4n) is 2.83. The molecule has 4 aromatic rings. The third kappa shape index (κ3) is 3.78. The summed E-state index contributed by atoms with van der Waals surface area (Å²) in [6.45, 7) is 0. The fourth-order valence-corrected chi connectivity index (χ4v) is 4.27. The van der Waals surface area contributed by atoms with E-state index in [1.54, 1.807) is 24.3 Å². The van der Waals surface area contributed by atoms with Crippen molar-refractivity contribution in [2.45, 2.75) is 4.90 Å². The quantitative estimate of drug-likeness (QED) is 0.366. The number of rotatable bonds is 5. The molecule has 29 heavy (non-hydrogen) atoms. The van der Waals surface area contributed by atoms with Crippen LogP contribution < -0.4 is 10.5 Å². The summed E-state index contributed by atoms with van der Waals surface area (Å²) in [5.41, 5.74) is 2.03. The maximum absolute atomic E-state index is 11.4. The topological polar surface area (TPSA) is 141 Å². The molecular weight excluding hydrogens is 414 g/mol. The Morgan fingerprint density at radius 1 is 1.10 bits per heavy atom. The van der Waals surface area contributed by atoms with E-state index < -0.39 is 14.9 Å². The first-order chi connectivity index (χ1) is 13.8. The standard InChI is InChI=1S/C18H13N5O4S2/c19-29(26,27)14-6-4-12(5-7-14)22-17-16-15(9-28-18(16)21-10-20-17)11-2-1-3-13(8-11)23(24)25/h1-10H,(H2,19,26,27)(H,20,21,22). The van der Waals surface area contributed by atoms with E-state index in [1.807, 2.05) is 5.38 Å². The van der Waals surface area contributed by atoms with Crippen molar-refractivity contribution in [3.05, 3.63) is 70.4 Å². The summed E-state index contributed by atoms with van der Waals surface area (Å²) >= 11 is 1.40. The van der Waals surface area contributed by atoms with Gasteiger partial charge < -0.3 is 5.32 Å². The number of aromatic nitrogens is 2. The Morgan fingerprint density at radius 3 is 2.55 bits per heavy atom. The van der Waals surface area contributed by atoms with Crippen molar-refractivity contribution >= 4 is 48.8 Å². The molecule has 0 saturated heterocycles. The van der Waals surface area contributed by atoms with Gasteiger partial charge in [0.2, 0.25) is 10.0 Å². The van der Waals surface area contributed by atoms with Crippen LogP contribution in [0.15, 0.2) is 65.1 Å². The molecule has 0 bridgehead atoms. The number of nitro benzene ring substituents is 1. The van der Waals surface area contributed by atoms with Gasteiger partial charge in [-0.3, -0.25) is 10.1 Å². The lowest BCUT2D eigenvalue weighted by Crippen LogP contribution is -2.11. The molecule has 4 rings (SSSR count). The molecule has 0 saturated carbocycles. The van der Waals surface area contributed by atoms with Gasteiger partial charge in [-0.1, -0.05) is 12.1 Å². The highest BCUT2D eigenvalue weighted by Gasteiger charge is 2.16. The van der Waals surface area contributed by atoms with Crippen LogP contribution in [0.2, 0.25) is 0 Å². The average Bonchev–Trinajstić information content (AvgIpc) is 3.13. The second-order valence-electron chi connectivity index (χ2n) is 6.05. The normalized spacial score (nSPS) is 11.5. The number of nitrogens with two attached hydrogens (primary N) is 1. The van der Waals surface area contributed by atoms with Gasteiger partial charge in [0.1, 0.15) is 17.0 Å². The number of primary sulfonamides is 1. The lowest BCUT2D eigenvalue weighted by molar-refractivity contribution is -0.384. The summed E-state index contributed by atoms with van der Waals surface area (Å²) in [7, 11) is -3.78. The van der Waals surface area contributed by atoms with Crippen LogP contribution >= 0.6 is 11.3 Å². The molecule has 2 aromatic carbocycles. The predicted molar refractivity (Wildman–Crippen MR) is 111 cm³/mol. The summed E-state index contributed by atoms with van der Waals surface area (Å²) in [6, 6.07) is 12.3. The van der Waals surface area contributed by atoms with Crippen molar-refractivity contribution in [3.63, 3.8) is 0 Å². The maximum Gasteiger partial charge on any atom is 0.270 e. The smallest absolute Gasteiger partial charge is 0.270 e. The molecule has 0 spiro atoms. The number of nitrogens with zero attached hydrogens (tertiary/aromatic N) is 3. The van der Waals surface area contributed by atoms with Crippen LogP contribution in [0.4, 0.5) is 17.2 Å². The molecule has 0 aliphatic heterocycles. The molecule has 0 aliphatic carbocycles. The zero-order valence-electron chi connectivity index (χ0n) is 14.6. The number of anilines is 2. The van der Waals surface area contributed by atoms with Crippen molar-refractivity contribution < 1.29 is 13.3 Å². The summed E-state index contributed by atoms with van der Waals surface area (Å²) < 4.78 is 22.8. The Kier molecular flexibility index (Phi) is 4.70. The maximum atomic E-state index is 11.4. The molecule has 2 heterocycles. The first-order valence-electron chi connectivity index (χ1n) is 8.20. The molecule has 0 unspecified atom stereocenters. The minimum absolute atomic E-state index is 0.00343. The molecule has 0 aliphatic rings. The number of sulfonamides is 1. The van der Waals surface area contributed by atoms with Gasteiger partial charge in [-0.2, -0.15) is 0 Å². The first kappa shape index (κ1) is 18.9. The van der Waals surface area contributed by atoms with E-state index in [9.17, 15) is 18.5 Å². The zero-order chi connectivity index (χ0) is 20.6. The molecule has 11 heteroatoms. The third-order valence-electron chi connectivity index (χ3n) is 4.18. The van der Waals surface area contributed by atoms with Crippen LogP contribution in [0, 0.1) is 10.1 Å². The molecule has 0 radical (unpaired) electrons. The number of nitrogens with one attached hydrogen (secondary N) is 1. The van der Waals surface area contributed by atoms with Crippen LogP contribution in [0.1, 0.15) is 0 Å². The summed E-state index contributed by atoms with van der Waals surface area (Å²) in [4.78, 5) is 20.0. The number of hydrogen-bond acceptors (Lipinski definition) is 8. The number of fused-ring (bicyclic) bond motifs is 1. The van der Waals surface area contributed by atoms with Crippen LogP contribution in [-0.2, 0) is 10.0 Å². The van der Waals surface area contributed by atoms with E-state index >= 15 is 0 Å². The van der Waals surface area contributed by atoms with Crippen molar-refractivity contribution in [3.8, 4) is 11.1 Å². The van der Waals surface area contributed by atoms with Crippen molar-refractivity contribution in [2.75, 3.05) is 5.32 Å². The van der Waals surface area contributed by atoms with Crippen molar-refractivity contribution in [1.82, 2.24) is 9.97 Å². The highest BCUT2D eigenvalue weighted by molar-refractivity contribution is 7.89. The molecule has 0 fully saturated rings. The van der Waals surface area contributed by atoms with Gasteiger partial charge in [0.25, 0.3) is 5.69 Å². The average molecular weight is 427 g/mol. The minimum Gasteiger partial charge on any atom is -0.340 e. The van der Waals surface area contributed by atoms with E-state index in [2.05, 4.69) is 15.3 Å². The lowest BCUT2D eigenvalue weighted by atomic mass is 10.1. The van der Waals surface area contributed by atoms with E-state index in [4.69, 9.17) is 5.14 Å². The van der Waals surface area contributed by atoms with E-state index in [0.29, 0.717) is 27.3 Å². The Bertz CT molecular complexity index is 1330. The molecule has 0 atom stereocenters. The molecule has 146 valence electrons. The van der Waals surface area contributed by atoms with Gasteiger partial charge in [-0.05, 0) is 29.8 Å². The van der Waals surface area contributed by atoms with Gasteiger partial charge in [0.05, 0.1) is 15.2 Å². The zero-order valence-corrected chi connectivity index (χ0v) is 16.3. The summed E-state index contributed by atoms with van der Waals surface area (Å²) in [6.07, 6.45) is 1.41. The third-order valence-corrected chi connectivity index (χ3v) is 6.00.